The molecule has 3 rings (SSSR count). The van der Waals surface area contributed by atoms with Crippen LogP contribution in [0.1, 0.15) is 31.8 Å². The number of carbonyl (C=O) groups excluding carboxylic acids is 2. The van der Waals surface area contributed by atoms with Crippen molar-refractivity contribution in [3.05, 3.63) is 89.0 Å². The summed E-state index contributed by atoms with van der Waals surface area (Å²) in [5, 5.41) is 16.3. The van der Waals surface area contributed by atoms with E-state index >= 15 is 0 Å². The van der Waals surface area contributed by atoms with Crippen molar-refractivity contribution >= 4 is 23.7 Å². The van der Waals surface area contributed by atoms with E-state index in [1.807, 2.05) is 19.1 Å². The molecule has 0 aromatic heterocycles. The molecule has 0 aliphatic rings. The van der Waals surface area contributed by atoms with Crippen molar-refractivity contribution in [3.63, 3.8) is 0 Å². The number of amides is 2. The van der Waals surface area contributed by atoms with Gasteiger partial charge >= 0.3 is 0 Å². The van der Waals surface area contributed by atoms with Gasteiger partial charge in [0, 0.05) is 16.8 Å². The minimum absolute atomic E-state index is 0.0215. The summed E-state index contributed by atoms with van der Waals surface area (Å²) in [4.78, 5) is 24.5. The van der Waals surface area contributed by atoms with Crippen LogP contribution in [-0.4, -0.2) is 30.2 Å². The Kier molecular flexibility index (Phi) is 6.44. The van der Waals surface area contributed by atoms with Crippen LogP contribution in [0.3, 0.4) is 0 Å². The second kappa shape index (κ2) is 9.38. The van der Waals surface area contributed by atoms with E-state index in [9.17, 15) is 14.7 Å². The maximum absolute atomic E-state index is 12.3. The number of anilines is 1. The Morgan fingerprint density at radius 3 is 2.43 bits per heavy atom. The number of phenols is 1. The van der Waals surface area contributed by atoms with E-state index in [4.69, 9.17) is 4.74 Å². The van der Waals surface area contributed by atoms with Crippen molar-refractivity contribution in [2.24, 2.45) is 5.10 Å². The first kappa shape index (κ1) is 20.6. The summed E-state index contributed by atoms with van der Waals surface area (Å²) in [6.07, 6.45) is 1.44. The molecule has 0 saturated heterocycles. The molecule has 2 amide bonds. The van der Waals surface area contributed by atoms with Crippen molar-refractivity contribution in [1.29, 1.82) is 0 Å². The third kappa shape index (κ3) is 5.23. The number of hydrazone groups is 1. The lowest BCUT2D eigenvalue weighted by molar-refractivity contribution is 0.0954. The minimum atomic E-state index is -0.395. The number of methoxy groups -OCH3 is 1. The molecule has 3 N–H and O–H groups in total. The van der Waals surface area contributed by atoms with Gasteiger partial charge in [0.05, 0.1) is 13.3 Å². The van der Waals surface area contributed by atoms with E-state index in [1.54, 1.807) is 48.5 Å². The van der Waals surface area contributed by atoms with Gasteiger partial charge in [-0.1, -0.05) is 17.7 Å². The summed E-state index contributed by atoms with van der Waals surface area (Å²) in [5.74, 6) is -0.278. The first-order chi connectivity index (χ1) is 14.5. The highest BCUT2D eigenvalue weighted by atomic mass is 16.5. The molecule has 0 spiro atoms. The number of hydrogen-bond donors (Lipinski definition) is 3. The molecule has 0 saturated carbocycles. The van der Waals surface area contributed by atoms with E-state index in [2.05, 4.69) is 15.8 Å². The Balaban J connectivity index is 1.59. The van der Waals surface area contributed by atoms with Gasteiger partial charge in [0.25, 0.3) is 11.8 Å². The molecule has 0 bridgehead atoms. The van der Waals surface area contributed by atoms with Gasteiger partial charge in [0.2, 0.25) is 0 Å². The normalized spacial score (nSPS) is 10.6. The molecule has 0 atom stereocenters. The molecule has 0 heterocycles. The SMILES string of the molecule is COc1cc(/C=N\NC(=O)c2ccc(NC(=O)c3cccc(C)c3)cc2)ccc1O. The van der Waals surface area contributed by atoms with Crippen LogP contribution in [0.2, 0.25) is 0 Å². The number of aryl methyl sites for hydroxylation is 1. The van der Waals surface area contributed by atoms with Gasteiger partial charge in [-0.3, -0.25) is 9.59 Å². The number of benzene rings is 3. The zero-order valence-electron chi connectivity index (χ0n) is 16.5. The van der Waals surface area contributed by atoms with Crippen LogP contribution in [0, 0.1) is 6.92 Å². The highest BCUT2D eigenvalue weighted by Crippen LogP contribution is 2.25. The van der Waals surface area contributed by atoms with Gasteiger partial charge in [-0.05, 0) is 67.1 Å². The fourth-order valence-electron chi connectivity index (χ4n) is 2.70. The lowest BCUT2D eigenvalue weighted by Gasteiger charge is -2.07. The van der Waals surface area contributed by atoms with Crippen LogP contribution in [0.5, 0.6) is 11.5 Å². The monoisotopic (exact) mass is 403 g/mol. The Bertz CT molecular complexity index is 1090. The number of carbonyl (C=O) groups is 2. The highest BCUT2D eigenvalue weighted by Gasteiger charge is 2.08. The summed E-state index contributed by atoms with van der Waals surface area (Å²) in [7, 11) is 1.45. The highest BCUT2D eigenvalue weighted by molar-refractivity contribution is 6.04. The zero-order chi connectivity index (χ0) is 21.5. The predicted octanol–water partition coefficient (Wildman–Crippen LogP) is 3.73. The third-order valence-corrected chi connectivity index (χ3v) is 4.27. The zero-order valence-corrected chi connectivity index (χ0v) is 16.5. The van der Waals surface area contributed by atoms with Crippen LogP contribution >= 0.6 is 0 Å². The van der Waals surface area contributed by atoms with Gasteiger partial charge in [-0.15, -0.1) is 0 Å². The van der Waals surface area contributed by atoms with Crippen LogP contribution in [-0.2, 0) is 0 Å². The molecule has 7 nitrogen and oxygen atoms in total. The molecule has 0 fully saturated rings. The molecule has 0 unspecified atom stereocenters. The van der Waals surface area contributed by atoms with Crippen molar-refractivity contribution < 1.29 is 19.4 Å². The van der Waals surface area contributed by atoms with Gasteiger partial charge in [0.15, 0.2) is 11.5 Å². The maximum atomic E-state index is 12.3. The Labute approximate surface area is 174 Å². The first-order valence-electron chi connectivity index (χ1n) is 9.15. The number of rotatable bonds is 6. The van der Waals surface area contributed by atoms with Gasteiger partial charge in [0.1, 0.15) is 0 Å². The fourth-order valence-corrected chi connectivity index (χ4v) is 2.70. The number of ether oxygens (including phenoxy) is 1. The minimum Gasteiger partial charge on any atom is -0.504 e. The van der Waals surface area contributed by atoms with E-state index < -0.39 is 5.91 Å². The summed E-state index contributed by atoms with van der Waals surface area (Å²) in [5.41, 5.74) is 5.63. The van der Waals surface area contributed by atoms with Crippen LogP contribution in [0.4, 0.5) is 5.69 Å². The van der Waals surface area contributed by atoms with E-state index in [-0.39, 0.29) is 11.7 Å². The molecule has 3 aromatic rings. The van der Waals surface area contributed by atoms with Crippen molar-refractivity contribution in [2.45, 2.75) is 6.92 Å². The largest absolute Gasteiger partial charge is 0.504 e. The molecule has 0 radical (unpaired) electrons. The predicted molar refractivity (Wildman–Crippen MR) is 115 cm³/mol. The molecule has 7 heteroatoms. The number of nitrogens with zero attached hydrogens (tertiary/aromatic N) is 1. The molecule has 0 aliphatic carbocycles. The number of aromatic hydroxyl groups is 1. The van der Waals surface area contributed by atoms with Crippen LogP contribution in [0.25, 0.3) is 0 Å². The average Bonchev–Trinajstić information content (AvgIpc) is 2.75. The molecular formula is C23H21N3O4. The average molecular weight is 403 g/mol. The van der Waals surface area contributed by atoms with Crippen molar-refractivity contribution in [3.8, 4) is 11.5 Å². The summed E-state index contributed by atoms with van der Waals surface area (Å²) >= 11 is 0. The van der Waals surface area contributed by atoms with E-state index in [0.29, 0.717) is 28.1 Å². The van der Waals surface area contributed by atoms with E-state index in [0.717, 1.165) is 5.56 Å². The summed E-state index contributed by atoms with van der Waals surface area (Å²) in [6, 6.07) is 18.5. The van der Waals surface area contributed by atoms with E-state index in [1.165, 1.54) is 19.4 Å². The maximum Gasteiger partial charge on any atom is 0.271 e. The van der Waals surface area contributed by atoms with Gasteiger partial charge in [-0.2, -0.15) is 5.10 Å². The summed E-state index contributed by atoms with van der Waals surface area (Å²) in [6.45, 7) is 1.92. The molecule has 152 valence electrons. The summed E-state index contributed by atoms with van der Waals surface area (Å²) < 4.78 is 5.03. The Morgan fingerprint density at radius 1 is 0.967 bits per heavy atom. The molecular weight excluding hydrogens is 382 g/mol. The first-order valence-corrected chi connectivity index (χ1v) is 9.15. The van der Waals surface area contributed by atoms with Crippen LogP contribution < -0.4 is 15.5 Å². The van der Waals surface area contributed by atoms with Crippen molar-refractivity contribution in [1.82, 2.24) is 5.43 Å². The molecule has 3 aromatic carbocycles. The smallest absolute Gasteiger partial charge is 0.271 e. The lowest BCUT2D eigenvalue weighted by atomic mass is 10.1. The Morgan fingerprint density at radius 2 is 1.73 bits per heavy atom. The van der Waals surface area contributed by atoms with Crippen molar-refractivity contribution in [2.75, 3.05) is 12.4 Å². The van der Waals surface area contributed by atoms with Gasteiger partial charge < -0.3 is 15.2 Å². The quantitative estimate of drug-likeness (QED) is 0.431. The lowest BCUT2D eigenvalue weighted by Crippen LogP contribution is -2.18. The Hall–Kier alpha value is -4.13. The number of nitrogens with one attached hydrogen (secondary N) is 2. The molecule has 0 aliphatic heterocycles. The second-order valence-corrected chi connectivity index (χ2v) is 6.53. The van der Waals surface area contributed by atoms with Crippen LogP contribution in [0.15, 0.2) is 71.8 Å². The topological polar surface area (TPSA) is 100 Å². The van der Waals surface area contributed by atoms with Gasteiger partial charge in [-0.25, -0.2) is 5.43 Å². The second-order valence-electron chi connectivity index (χ2n) is 6.53. The number of phenolic OH excluding ortho intramolecular Hbond substituents is 1. The number of hydrogen-bond acceptors (Lipinski definition) is 5. The molecule has 30 heavy (non-hydrogen) atoms. The fraction of sp³-hybridized carbons (Fsp3) is 0.0870. The standard InChI is InChI=1S/C23H21N3O4/c1-15-4-3-5-18(12-15)22(28)25-19-9-7-17(8-10-19)23(29)26-24-14-16-6-11-20(27)21(13-16)30-2/h3-14,27H,1-2H3,(H,25,28)(H,26,29)/b24-14-. The third-order valence-electron chi connectivity index (χ3n) is 4.27.